The summed E-state index contributed by atoms with van der Waals surface area (Å²) in [5.74, 6) is 1.25. The Morgan fingerprint density at radius 2 is 1.86 bits per heavy atom. The average Bonchev–Trinajstić information content (AvgIpc) is 3.43. The van der Waals surface area contributed by atoms with Gasteiger partial charge in [-0.1, -0.05) is 58.9 Å². The second-order valence-electron chi connectivity index (χ2n) is 15.8. The minimum atomic E-state index is -0.898. The van der Waals surface area contributed by atoms with Crippen LogP contribution in [0, 0.1) is 41.9 Å². The number of hydrogen-bond donors (Lipinski definition) is 5. The highest BCUT2D eigenvalue weighted by Gasteiger charge is 2.57. The highest BCUT2D eigenvalue weighted by atomic mass is 16.7. The first kappa shape index (κ1) is 37.2. The molecule has 10 heteroatoms. The number of aliphatic hydroxyl groups excluding tert-OH is 3. The lowest BCUT2D eigenvalue weighted by Gasteiger charge is -2.62. The largest absolute Gasteiger partial charge is 0.496 e. The molecule has 270 valence electrons. The molecule has 2 aromatic rings. The van der Waals surface area contributed by atoms with Crippen molar-refractivity contribution in [3.8, 4) is 16.9 Å². The fourth-order valence-corrected chi connectivity index (χ4v) is 8.92. The van der Waals surface area contributed by atoms with Gasteiger partial charge >= 0.3 is 0 Å². The van der Waals surface area contributed by atoms with Crippen molar-refractivity contribution < 1.29 is 34.5 Å². The Labute approximate surface area is 291 Å². The molecule has 4 aliphatic rings. The number of rotatable bonds is 13. The molecule has 49 heavy (non-hydrogen) atoms. The molecular formula is C39H57N3O7. The Morgan fingerprint density at radius 3 is 2.45 bits per heavy atom. The summed E-state index contributed by atoms with van der Waals surface area (Å²) in [5.41, 5.74) is 3.96. The van der Waals surface area contributed by atoms with E-state index >= 15 is 0 Å². The van der Waals surface area contributed by atoms with Crippen LogP contribution < -0.4 is 15.4 Å². The van der Waals surface area contributed by atoms with Crippen LogP contribution in [0.25, 0.3) is 11.1 Å². The minimum Gasteiger partial charge on any atom is -0.496 e. The SMILES string of the molecule is COc1c(CN2O[C@@H](CO)[C@@H]([C@H](C)O)[C@H]2C(=O)N[C@H]2C[C@H]3C[C@@H]([C@@H]2C)C3(C)C)cccc1-c1cc(C)cc(C(=O)N[C@H](CO)CC(C)C)c1. The van der Waals surface area contributed by atoms with E-state index in [1.807, 2.05) is 43.3 Å². The van der Waals surface area contributed by atoms with Crippen LogP contribution in [-0.2, 0) is 16.2 Å². The second-order valence-corrected chi connectivity index (χ2v) is 15.8. The number of ether oxygens (including phenoxy) is 1. The Kier molecular flexibility index (Phi) is 11.5. The molecule has 0 aromatic heterocycles. The summed E-state index contributed by atoms with van der Waals surface area (Å²) in [7, 11) is 1.59. The number of amides is 2. The number of benzene rings is 2. The zero-order valence-corrected chi connectivity index (χ0v) is 30.4. The third kappa shape index (κ3) is 7.54. The highest BCUT2D eigenvalue weighted by Crippen LogP contribution is 2.61. The van der Waals surface area contributed by atoms with Crippen molar-refractivity contribution in [2.24, 2.45) is 35.0 Å². The van der Waals surface area contributed by atoms with E-state index in [9.17, 15) is 24.9 Å². The standard InChI is InChI=1S/C39H57N3O7/c1-21(2)12-29(19-43)40-37(46)27-14-22(3)13-26(15-27)30-11-9-10-25(36(30)48-8)18-42-35(34(24(5)45)33(20-44)49-42)38(47)41-32-17-28-16-31(23(32)4)39(28,6)7/h9-11,13-15,21,23-24,28-29,31-35,43-45H,12,16-20H2,1-8H3,(H,40,46)(H,41,47)/t23-,24-,28+,29-,31-,32-,33-,34+,35-/m0/s1. The zero-order valence-electron chi connectivity index (χ0n) is 30.4. The Balaban J connectivity index is 1.41. The van der Waals surface area contributed by atoms with Crippen molar-refractivity contribution in [3.63, 3.8) is 0 Å². The van der Waals surface area contributed by atoms with Gasteiger partial charge in [0, 0.05) is 28.7 Å². The second kappa shape index (κ2) is 15.1. The molecule has 5 N–H and O–H groups in total. The zero-order chi connectivity index (χ0) is 35.8. The van der Waals surface area contributed by atoms with Crippen LogP contribution in [0.15, 0.2) is 36.4 Å². The van der Waals surface area contributed by atoms with Gasteiger partial charge in [-0.15, -0.1) is 0 Å². The average molecular weight is 680 g/mol. The van der Waals surface area contributed by atoms with E-state index in [4.69, 9.17) is 9.57 Å². The molecule has 1 aliphatic heterocycles. The number of para-hydroxylation sites is 1. The van der Waals surface area contributed by atoms with Crippen LogP contribution in [0.5, 0.6) is 5.75 Å². The molecule has 2 aromatic carbocycles. The van der Waals surface area contributed by atoms with E-state index in [-0.39, 0.29) is 49.1 Å². The van der Waals surface area contributed by atoms with E-state index < -0.39 is 24.2 Å². The van der Waals surface area contributed by atoms with Crippen molar-refractivity contribution in [3.05, 3.63) is 53.1 Å². The Morgan fingerprint density at radius 1 is 1.12 bits per heavy atom. The van der Waals surface area contributed by atoms with Gasteiger partial charge < -0.3 is 30.7 Å². The molecule has 0 spiro atoms. The van der Waals surface area contributed by atoms with Gasteiger partial charge in [0.25, 0.3) is 5.91 Å². The molecule has 0 radical (unpaired) electrons. The van der Waals surface area contributed by atoms with Crippen LogP contribution in [0.1, 0.15) is 82.3 Å². The molecule has 1 heterocycles. The number of aryl methyl sites for hydroxylation is 1. The molecule has 3 saturated carbocycles. The lowest BCUT2D eigenvalue weighted by atomic mass is 9.45. The molecule has 4 fully saturated rings. The van der Waals surface area contributed by atoms with Crippen molar-refractivity contribution >= 4 is 11.8 Å². The highest BCUT2D eigenvalue weighted by molar-refractivity contribution is 5.96. The quantitative estimate of drug-likeness (QED) is 0.209. The number of nitrogens with one attached hydrogen (secondary N) is 2. The Hall–Kier alpha value is -3.02. The van der Waals surface area contributed by atoms with Crippen molar-refractivity contribution in [2.45, 2.75) is 105 Å². The molecule has 2 bridgehead atoms. The monoisotopic (exact) mass is 679 g/mol. The summed E-state index contributed by atoms with van der Waals surface area (Å²) < 4.78 is 5.99. The third-order valence-corrected chi connectivity index (χ3v) is 11.7. The topological polar surface area (TPSA) is 141 Å². The fraction of sp³-hybridized carbons (Fsp3) is 0.641. The number of nitrogens with zero attached hydrogens (tertiary/aromatic N) is 1. The molecule has 3 aliphatic carbocycles. The summed E-state index contributed by atoms with van der Waals surface area (Å²) in [6.45, 7) is 14.2. The summed E-state index contributed by atoms with van der Waals surface area (Å²) in [6.07, 6.45) is 1.15. The van der Waals surface area contributed by atoms with Gasteiger partial charge in [-0.2, -0.15) is 5.06 Å². The number of hydroxylamine groups is 2. The number of fused-ring (bicyclic) bond motifs is 2. The smallest absolute Gasteiger partial charge is 0.251 e. The van der Waals surface area contributed by atoms with E-state index in [1.165, 1.54) is 6.42 Å². The Bertz CT molecular complexity index is 1490. The maximum Gasteiger partial charge on any atom is 0.251 e. The molecule has 2 amide bonds. The van der Waals surface area contributed by atoms with E-state index in [0.29, 0.717) is 41.4 Å². The molecule has 10 nitrogen and oxygen atoms in total. The first-order valence-electron chi connectivity index (χ1n) is 17.9. The van der Waals surface area contributed by atoms with Gasteiger partial charge in [-0.3, -0.25) is 14.4 Å². The van der Waals surface area contributed by atoms with Crippen LogP contribution in [0.4, 0.5) is 0 Å². The van der Waals surface area contributed by atoms with E-state index in [2.05, 4.69) is 45.3 Å². The first-order valence-corrected chi connectivity index (χ1v) is 17.9. The van der Waals surface area contributed by atoms with Gasteiger partial charge in [0.05, 0.1) is 39.0 Å². The van der Waals surface area contributed by atoms with Gasteiger partial charge in [-0.25, -0.2) is 0 Å². The van der Waals surface area contributed by atoms with Gasteiger partial charge in [-0.05, 0) is 85.5 Å². The number of hydrogen-bond acceptors (Lipinski definition) is 8. The normalized spacial score (nSPS) is 28.9. The third-order valence-electron chi connectivity index (χ3n) is 11.7. The summed E-state index contributed by atoms with van der Waals surface area (Å²) >= 11 is 0. The predicted molar refractivity (Wildman–Crippen MR) is 189 cm³/mol. The fourth-order valence-electron chi connectivity index (χ4n) is 8.92. The summed E-state index contributed by atoms with van der Waals surface area (Å²) in [4.78, 5) is 33.7. The predicted octanol–water partition coefficient (Wildman–Crippen LogP) is 4.47. The lowest BCUT2D eigenvalue weighted by molar-refractivity contribution is -0.183. The van der Waals surface area contributed by atoms with E-state index in [0.717, 1.165) is 28.7 Å². The minimum absolute atomic E-state index is 0.0394. The number of methoxy groups -OCH3 is 1. The summed E-state index contributed by atoms with van der Waals surface area (Å²) in [6, 6.07) is 10.2. The molecule has 1 saturated heterocycles. The van der Waals surface area contributed by atoms with Gasteiger partial charge in [0.2, 0.25) is 5.91 Å². The van der Waals surface area contributed by atoms with Crippen molar-refractivity contribution in [2.75, 3.05) is 20.3 Å². The first-order chi connectivity index (χ1) is 23.2. The molecule has 9 atom stereocenters. The molecular weight excluding hydrogens is 622 g/mol. The van der Waals surface area contributed by atoms with Crippen LogP contribution >= 0.6 is 0 Å². The maximum absolute atomic E-state index is 14.1. The maximum atomic E-state index is 14.1. The van der Waals surface area contributed by atoms with Gasteiger partial charge in [0.1, 0.15) is 17.9 Å². The summed E-state index contributed by atoms with van der Waals surface area (Å²) in [5, 5.41) is 38.9. The number of carbonyl (C=O) groups excluding carboxylic acids is 2. The molecule has 6 rings (SSSR count). The van der Waals surface area contributed by atoms with Crippen molar-refractivity contribution in [1.29, 1.82) is 0 Å². The lowest BCUT2D eigenvalue weighted by Crippen LogP contribution is -2.62. The van der Waals surface area contributed by atoms with Crippen LogP contribution in [-0.4, -0.2) is 82.9 Å². The van der Waals surface area contributed by atoms with Crippen LogP contribution in [0.2, 0.25) is 0 Å². The number of aliphatic hydroxyl groups is 3. The number of carbonyl (C=O) groups is 2. The van der Waals surface area contributed by atoms with Crippen LogP contribution in [0.3, 0.4) is 0 Å². The van der Waals surface area contributed by atoms with E-state index in [1.54, 1.807) is 19.1 Å². The molecule has 0 unspecified atom stereocenters. The van der Waals surface area contributed by atoms with Gasteiger partial charge in [0.15, 0.2) is 0 Å². The van der Waals surface area contributed by atoms with Crippen molar-refractivity contribution in [1.82, 2.24) is 15.7 Å².